The molecule has 0 saturated heterocycles. The summed E-state index contributed by atoms with van der Waals surface area (Å²) in [5.74, 6) is 0.0769. The molecule has 0 amide bonds. The van der Waals surface area contributed by atoms with Crippen molar-refractivity contribution in [1.82, 2.24) is 4.72 Å². The Kier molecular flexibility index (Phi) is 5.15. The number of nitrogens with one attached hydrogen (secondary N) is 1. The Morgan fingerprint density at radius 2 is 2.05 bits per heavy atom. The summed E-state index contributed by atoms with van der Waals surface area (Å²) in [6.07, 6.45) is 3.55. The van der Waals surface area contributed by atoms with Crippen LogP contribution in [0.4, 0.5) is 5.69 Å². The molecule has 8 heteroatoms. The molecule has 0 aliphatic heterocycles. The SMILES string of the molecule is Cc1ccc(S(=O)(=O)N[C@@H]2CCCC[C@@H]2CN)c([N+](=O)[O-])c1. The van der Waals surface area contributed by atoms with E-state index in [0.29, 0.717) is 18.5 Å². The number of nitrogens with zero attached hydrogens (tertiary/aromatic N) is 1. The van der Waals surface area contributed by atoms with E-state index in [9.17, 15) is 18.5 Å². The molecule has 1 aliphatic carbocycles. The lowest BCUT2D eigenvalue weighted by atomic mass is 9.85. The molecule has 0 unspecified atom stereocenters. The highest BCUT2D eigenvalue weighted by atomic mass is 32.2. The van der Waals surface area contributed by atoms with Crippen LogP contribution in [0.5, 0.6) is 0 Å². The average molecular weight is 327 g/mol. The van der Waals surface area contributed by atoms with Gasteiger partial charge in [-0.15, -0.1) is 0 Å². The Morgan fingerprint density at radius 1 is 1.36 bits per heavy atom. The molecular weight excluding hydrogens is 306 g/mol. The molecule has 1 aromatic carbocycles. The third-order valence-electron chi connectivity index (χ3n) is 4.12. The summed E-state index contributed by atoms with van der Waals surface area (Å²) in [4.78, 5) is 10.2. The van der Waals surface area contributed by atoms with Crippen molar-refractivity contribution in [2.24, 2.45) is 11.7 Å². The quantitative estimate of drug-likeness (QED) is 0.631. The van der Waals surface area contributed by atoms with Crippen molar-refractivity contribution in [3.05, 3.63) is 33.9 Å². The molecule has 22 heavy (non-hydrogen) atoms. The normalized spacial score (nSPS) is 22.5. The largest absolute Gasteiger partial charge is 0.330 e. The van der Waals surface area contributed by atoms with Crippen LogP contribution in [0.2, 0.25) is 0 Å². The van der Waals surface area contributed by atoms with Crippen LogP contribution in [-0.4, -0.2) is 25.9 Å². The van der Waals surface area contributed by atoms with Gasteiger partial charge in [0.25, 0.3) is 5.69 Å². The average Bonchev–Trinajstić information content (AvgIpc) is 2.47. The van der Waals surface area contributed by atoms with Gasteiger partial charge >= 0.3 is 0 Å². The van der Waals surface area contributed by atoms with Gasteiger partial charge in [0.05, 0.1) is 4.92 Å². The first-order valence-electron chi connectivity index (χ1n) is 7.32. The molecule has 122 valence electrons. The summed E-state index contributed by atoms with van der Waals surface area (Å²) in [7, 11) is -3.94. The van der Waals surface area contributed by atoms with Gasteiger partial charge in [-0.1, -0.05) is 18.9 Å². The number of rotatable bonds is 5. The lowest BCUT2D eigenvalue weighted by Crippen LogP contribution is -2.44. The van der Waals surface area contributed by atoms with E-state index in [-0.39, 0.29) is 16.9 Å². The molecule has 2 atom stereocenters. The summed E-state index contributed by atoms with van der Waals surface area (Å²) in [6, 6.07) is 3.86. The Morgan fingerprint density at radius 3 is 2.68 bits per heavy atom. The Balaban J connectivity index is 2.32. The second-order valence-electron chi connectivity index (χ2n) is 5.74. The molecule has 1 saturated carbocycles. The van der Waals surface area contributed by atoms with Crippen LogP contribution in [0.15, 0.2) is 23.1 Å². The van der Waals surface area contributed by atoms with Crippen LogP contribution in [0, 0.1) is 23.0 Å². The van der Waals surface area contributed by atoms with Gasteiger partial charge in [-0.25, -0.2) is 13.1 Å². The monoisotopic (exact) mass is 327 g/mol. The molecule has 2 rings (SSSR count). The van der Waals surface area contributed by atoms with E-state index in [4.69, 9.17) is 5.73 Å². The molecule has 3 N–H and O–H groups in total. The maximum absolute atomic E-state index is 12.5. The molecule has 0 bridgehead atoms. The van der Waals surface area contributed by atoms with Gasteiger partial charge in [0.2, 0.25) is 10.0 Å². The van der Waals surface area contributed by atoms with E-state index in [0.717, 1.165) is 19.3 Å². The van der Waals surface area contributed by atoms with Crippen molar-refractivity contribution in [2.45, 2.75) is 43.5 Å². The fourth-order valence-corrected chi connectivity index (χ4v) is 4.40. The highest BCUT2D eigenvalue weighted by molar-refractivity contribution is 7.89. The van der Waals surface area contributed by atoms with Crippen LogP contribution in [0.3, 0.4) is 0 Å². The Bertz CT molecular complexity index is 660. The first-order chi connectivity index (χ1) is 10.3. The third kappa shape index (κ3) is 3.63. The van der Waals surface area contributed by atoms with Gasteiger partial charge in [-0.05, 0) is 43.9 Å². The maximum Gasteiger partial charge on any atom is 0.289 e. The summed E-state index contributed by atoms with van der Waals surface area (Å²) in [6.45, 7) is 2.09. The summed E-state index contributed by atoms with van der Waals surface area (Å²) in [5, 5.41) is 11.1. The lowest BCUT2D eigenvalue weighted by molar-refractivity contribution is -0.387. The number of aryl methyl sites for hydroxylation is 1. The van der Waals surface area contributed by atoms with E-state index in [1.54, 1.807) is 13.0 Å². The van der Waals surface area contributed by atoms with Gasteiger partial charge in [-0.2, -0.15) is 0 Å². The summed E-state index contributed by atoms with van der Waals surface area (Å²) in [5.41, 5.74) is 5.95. The number of nitrogens with two attached hydrogens (primary N) is 1. The van der Waals surface area contributed by atoms with Gasteiger partial charge in [0, 0.05) is 12.1 Å². The number of hydrogen-bond acceptors (Lipinski definition) is 5. The smallest absolute Gasteiger partial charge is 0.289 e. The molecule has 1 aromatic rings. The predicted molar refractivity (Wildman–Crippen MR) is 83.0 cm³/mol. The van der Waals surface area contributed by atoms with Crippen molar-refractivity contribution in [2.75, 3.05) is 6.54 Å². The van der Waals surface area contributed by atoms with Gasteiger partial charge in [0.1, 0.15) is 0 Å². The van der Waals surface area contributed by atoms with Gasteiger partial charge in [0.15, 0.2) is 4.90 Å². The van der Waals surface area contributed by atoms with Gasteiger partial charge < -0.3 is 5.73 Å². The van der Waals surface area contributed by atoms with Crippen LogP contribution in [0.1, 0.15) is 31.2 Å². The molecule has 0 heterocycles. The van der Waals surface area contributed by atoms with E-state index in [2.05, 4.69) is 4.72 Å². The zero-order valence-corrected chi connectivity index (χ0v) is 13.3. The molecule has 1 fully saturated rings. The first kappa shape index (κ1) is 16.9. The molecule has 0 spiro atoms. The Labute approximate surface area is 130 Å². The van der Waals surface area contributed by atoms with E-state index >= 15 is 0 Å². The zero-order valence-electron chi connectivity index (χ0n) is 12.5. The Hall–Kier alpha value is -1.51. The number of benzene rings is 1. The van der Waals surface area contributed by atoms with Crippen LogP contribution >= 0.6 is 0 Å². The second-order valence-corrected chi connectivity index (χ2v) is 7.42. The summed E-state index contributed by atoms with van der Waals surface area (Å²) < 4.78 is 27.7. The first-order valence-corrected chi connectivity index (χ1v) is 8.81. The number of hydrogen-bond donors (Lipinski definition) is 2. The van der Waals surface area contributed by atoms with E-state index < -0.39 is 20.6 Å². The lowest BCUT2D eigenvalue weighted by Gasteiger charge is -2.30. The standard InChI is InChI=1S/C14H21N3O4S/c1-10-6-7-14(13(8-10)17(18)19)22(20,21)16-12-5-3-2-4-11(12)9-15/h6-8,11-12,16H,2-5,9,15H2,1H3/t11-,12-/m1/s1. The van der Waals surface area contributed by atoms with Crippen molar-refractivity contribution < 1.29 is 13.3 Å². The van der Waals surface area contributed by atoms with Gasteiger partial charge in [-0.3, -0.25) is 10.1 Å². The molecule has 0 aromatic heterocycles. The highest BCUT2D eigenvalue weighted by Crippen LogP contribution is 2.28. The number of nitro benzene ring substituents is 1. The minimum atomic E-state index is -3.94. The minimum absolute atomic E-state index is 0.0769. The van der Waals surface area contributed by atoms with Crippen molar-refractivity contribution in [1.29, 1.82) is 0 Å². The van der Waals surface area contributed by atoms with E-state index in [1.807, 2.05) is 0 Å². The minimum Gasteiger partial charge on any atom is -0.330 e. The third-order valence-corrected chi connectivity index (χ3v) is 5.66. The van der Waals surface area contributed by atoms with Crippen molar-refractivity contribution in [3.63, 3.8) is 0 Å². The maximum atomic E-state index is 12.5. The summed E-state index contributed by atoms with van der Waals surface area (Å²) >= 11 is 0. The molecular formula is C14H21N3O4S. The van der Waals surface area contributed by atoms with Crippen molar-refractivity contribution >= 4 is 15.7 Å². The zero-order chi connectivity index (χ0) is 16.3. The number of nitro groups is 1. The van der Waals surface area contributed by atoms with Crippen LogP contribution in [0.25, 0.3) is 0 Å². The molecule has 0 radical (unpaired) electrons. The number of sulfonamides is 1. The topological polar surface area (TPSA) is 115 Å². The van der Waals surface area contributed by atoms with Crippen molar-refractivity contribution in [3.8, 4) is 0 Å². The highest BCUT2D eigenvalue weighted by Gasteiger charge is 2.32. The van der Waals surface area contributed by atoms with Crippen LogP contribution in [-0.2, 0) is 10.0 Å². The molecule has 1 aliphatic rings. The fraction of sp³-hybridized carbons (Fsp3) is 0.571. The van der Waals surface area contributed by atoms with E-state index in [1.165, 1.54) is 12.1 Å². The second kappa shape index (κ2) is 6.72. The molecule has 7 nitrogen and oxygen atoms in total. The van der Waals surface area contributed by atoms with Crippen LogP contribution < -0.4 is 10.5 Å². The predicted octanol–water partition coefficient (Wildman–Crippen LogP) is 1.70. The fourth-order valence-electron chi connectivity index (χ4n) is 2.91.